The highest BCUT2D eigenvalue weighted by atomic mass is 16.3. The third-order valence-corrected chi connectivity index (χ3v) is 5.98. The lowest BCUT2D eigenvalue weighted by molar-refractivity contribution is 0.0659. The van der Waals surface area contributed by atoms with Crippen molar-refractivity contribution < 1.29 is 14.7 Å². The van der Waals surface area contributed by atoms with Gasteiger partial charge in [-0.15, -0.1) is 0 Å². The number of hydrogen-bond acceptors (Lipinski definition) is 3. The number of amides is 3. The second kappa shape index (κ2) is 7.98. The zero-order valence-electron chi connectivity index (χ0n) is 15.6. The number of carbonyl (C=O) groups is 2. The summed E-state index contributed by atoms with van der Waals surface area (Å²) >= 11 is 0. The summed E-state index contributed by atoms with van der Waals surface area (Å²) in [4.78, 5) is 28.7. The van der Waals surface area contributed by atoms with Gasteiger partial charge in [0, 0.05) is 37.8 Å². The molecule has 1 aromatic rings. The van der Waals surface area contributed by atoms with Gasteiger partial charge in [0.05, 0.1) is 0 Å². The first kappa shape index (κ1) is 18.5. The first-order chi connectivity index (χ1) is 12.5. The number of rotatable bonds is 2. The van der Waals surface area contributed by atoms with Gasteiger partial charge in [0.1, 0.15) is 5.75 Å². The molecule has 2 aliphatic rings. The lowest BCUT2D eigenvalue weighted by Gasteiger charge is -2.38. The molecule has 1 saturated carbocycles. The first-order valence-corrected chi connectivity index (χ1v) is 9.59. The molecule has 2 N–H and O–H groups in total. The van der Waals surface area contributed by atoms with Crippen LogP contribution < -0.4 is 5.32 Å². The van der Waals surface area contributed by atoms with E-state index in [1.807, 2.05) is 4.90 Å². The van der Waals surface area contributed by atoms with Gasteiger partial charge in [0.2, 0.25) is 0 Å². The predicted octanol–water partition coefficient (Wildman–Crippen LogP) is 2.68. The summed E-state index contributed by atoms with van der Waals surface area (Å²) in [6, 6.07) is 6.53. The van der Waals surface area contributed by atoms with Gasteiger partial charge in [-0.2, -0.15) is 0 Å². The highest BCUT2D eigenvalue weighted by Gasteiger charge is 2.31. The molecule has 1 heterocycles. The quantitative estimate of drug-likeness (QED) is 0.853. The highest BCUT2D eigenvalue weighted by molar-refractivity contribution is 5.94. The molecule has 26 heavy (non-hydrogen) atoms. The van der Waals surface area contributed by atoms with E-state index in [1.54, 1.807) is 17.0 Å². The van der Waals surface area contributed by atoms with Crippen molar-refractivity contribution in [3.63, 3.8) is 0 Å². The van der Waals surface area contributed by atoms with Gasteiger partial charge >= 0.3 is 6.03 Å². The molecule has 2 fully saturated rings. The van der Waals surface area contributed by atoms with E-state index in [9.17, 15) is 14.7 Å². The molecule has 6 nitrogen and oxygen atoms in total. The van der Waals surface area contributed by atoms with E-state index >= 15 is 0 Å². The maximum absolute atomic E-state index is 12.6. The summed E-state index contributed by atoms with van der Waals surface area (Å²) in [5, 5.41) is 12.5. The molecule has 0 aromatic heterocycles. The van der Waals surface area contributed by atoms with Crippen LogP contribution in [0.3, 0.4) is 0 Å². The van der Waals surface area contributed by atoms with Gasteiger partial charge in [-0.1, -0.05) is 26.7 Å². The summed E-state index contributed by atoms with van der Waals surface area (Å²) in [5.74, 6) is 1.24. The van der Waals surface area contributed by atoms with Crippen molar-refractivity contribution in [1.82, 2.24) is 15.1 Å². The molecule has 0 bridgehead atoms. The fourth-order valence-electron chi connectivity index (χ4n) is 3.93. The number of nitrogens with one attached hydrogen (secondary N) is 1. The van der Waals surface area contributed by atoms with Crippen LogP contribution in [-0.2, 0) is 0 Å². The van der Waals surface area contributed by atoms with Crippen LogP contribution in [0.2, 0.25) is 0 Å². The maximum atomic E-state index is 12.6. The van der Waals surface area contributed by atoms with Crippen LogP contribution in [0.5, 0.6) is 5.75 Å². The second-order valence-corrected chi connectivity index (χ2v) is 7.65. The monoisotopic (exact) mass is 359 g/mol. The van der Waals surface area contributed by atoms with Crippen molar-refractivity contribution in [2.45, 2.75) is 39.2 Å². The minimum atomic E-state index is -0.0558. The number of benzene rings is 1. The fraction of sp³-hybridized carbons (Fsp3) is 0.600. The van der Waals surface area contributed by atoms with Gasteiger partial charge in [-0.05, 0) is 42.5 Å². The van der Waals surface area contributed by atoms with E-state index in [2.05, 4.69) is 19.2 Å². The van der Waals surface area contributed by atoms with Crippen LogP contribution in [0.1, 0.15) is 43.5 Å². The van der Waals surface area contributed by atoms with Crippen LogP contribution in [0, 0.1) is 11.8 Å². The van der Waals surface area contributed by atoms with Crippen molar-refractivity contribution in [3.8, 4) is 5.75 Å². The Labute approximate surface area is 155 Å². The fourth-order valence-corrected chi connectivity index (χ4v) is 3.93. The number of urea groups is 1. The Morgan fingerprint density at radius 2 is 1.62 bits per heavy atom. The molecule has 1 aromatic carbocycles. The summed E-state index contributed by atoms with van der Waals surface area (Å²) in [7, 11) is 0. The number of nitrogens with zero attached hydrogens (tertiary/aromatic N) is 2. The summed E-state index contributed by atoms with van der Waals surface area (Å²) in [6.07, 6.45) is 3.47. The molecule has 3 atom stereocenters. The Morgan fingerprint density at radius 3 is 2.27 bits per heavy atom. The highest BCUT2D eigenvalue weighted by Crippen LogP contribution is 2.29. The van der Waals surface area contributed by atoms with E-state index in [0.717, 1.165) is 6.42 Å². The van der Waals surface area contributed by atoms with Crippen LogP contribution in [-0.4, -0.2) is 59.1 Å². The van der Waals surface area contributed by atoms with Crippen LogP contribution in [0.25, 0.3) is 0 Å². The smallest absolute Gasteiger partial charge is 0.317 e. The molecule has 1 aliphatic carbocycles. The van der Waals surface area contributed by atoms with Crippen molar-refractivity contribution in [2.24, 2.45) is 11.8 Å². The summed E-state index contributed by atoms with van der Waals surface area (Å²) in [5.41, 5.74) is 0.561. The Bertz CT molecular complexity index is 638. The zero-order chi connectivity index (χ0) is 18.7. The van der Waals surface area contributed by atoms with E-state index < -0.39 is 0 Å². The average molecular weight is 359 g/mol. The first-order valence-electron chi connectivity index (χ1n) is 9.59. The molecule has 142 valence electrons. The Kier molecular flexibility index (Phi) is 5.69. The zero-order valence-corrected chi connectivity index (χ0v) is 15.6. The molecule has 1 aliphatic heterocycles. The van der Waals surface area contributed by atoms with Crippen molar-refractivity contribution >= 4 is 11.9 Å². The molecule has 6 heteroatoms. The van der Waals surface area contributed by atoms with Gasteiger partial charge in [-0.3, -0.25) is 4.79 Å². The normalized spacial score (nSPS) is 26.5. The third kappa shape index (κ3) is 4.11. The molecular formula is C20H29N3O3. The van der Waals surface area contributed by atoms with Crippen LogP contribution in [0.15, 0.2) is 24.3 Å². The lowest BCUT2D eigenvalue weighted by atomic mass is 9.78. The SMILES string of the molecule is CC1CCCC(NC(=O)N2CCN(C(=O)c3ccc(O)cc3)CC2)C1C. The molecule has 0 spiro atoms. The van der Waals surface area contributed by atoms with Crippen molar-refractivity contribution in [1.29, 1.82) is 0 Å². The number of aromatic hydroxyl groups is 1. The molecular weight excluding hydrogens is 330 g/mol. The van der Waals surface area contributed by atoms with E-state index in [0.29, 0.717) is 43.6 Å². The van der Waals surface area contributed by atoms with E-state index in [4.69, 9.17) is 0 Å². The van der Waals surface area contributed by atoms with Crippen LogP contribution in [0.4, 0.5) is 4.79 Å². The minimum absolute atomic E-state index is 0.00678. The Morgan fingerprint density at radius 1 is 1.00 bits per heavy atom. The van der Waals surface area contributed by atoms with Gasteiger partial charge in [0.25, 0.3) is 5.91 Å². The average Bonchev–Trinajstić information content (AvgIpc) is 2.65. The molecule has 3 rings (SSSR count). The Balaban J connectivity index is 1.50. The number of piperazine rings is 1. The van der Waals surface area contributed by atoms with Gasteiger partial charge in [-0.25, -0.2) is 4.79 Å². The van der Waals surface area contributed by atoms with Crippen LogP contribution >= 0.6 is 0 Å². The summed E-state index contributed by atoms with van der Waals surface area (Å²) in [6.45, 7) is 6.64. The largest absolute Gasteiger partial charge is 0.508 e. The maximum Gasteiger partial charge on any atom is 0.317 e. The second-order valence-electron chi connectivity index (χ2n) is 7.65. The van der Waals surface area contributed by atoms with Crippen molar-refractivity contribution in [2.75, 3.05) is 26.2 Å². The van der Waals surface area contributed by atoms with Crippen molar-refractivity contribution in [3.05, 3.63) is 29.8 Å². The lowest BCUT2D eigenvalue weighted by Crippen LogP contribution is -2.56. The van der Waals surface area contributed by atoms with Gasteiger partial charge in [0.15, 0.2) is 0 Å². The Hall–Kier alpha value is -2.24. The topological polar surface area (TPSA) is 72.9 Å². The number of carbonyl (C=O) groups excluding carboxylic acids is 2. The van der Waals surface area contributed by atoms with E-state index in [1.165, 1.54) is 25.0 Å². The number of hydrogen-bond donors (Lipinski definition) is 2. The van der Waals surface area contributed by atoms with Gasteiger partial charge < -0.3 is 20.2 Å². The molecule has 0 radical (unpaired) electrons. The standard InChI is InChI=1S/C20H29N3O3/c1-14-4-3-5-18(15(14)2)21-20(26)23-12-10-22(11-13-23)19(25)16-6-8-17(24)9-7-16/h6-9,14-15,18,24H,3-5,10-13H2,1-2H3,(H,21,26). The number of phenolic OH excluding ortho intramolecular Hbond substituents is 1. The predicted molar refractivity (Wildman–Crippen MR) is 100 cm³/mol. The summed E-state index contributed by atoms with van der Waals surface area (Å²) < 4.78 is 0. The molecule has 3 unspecified atom stereocenters. The molecule has 3 amide bonds. The minimum Gasteiger partial charge on any atom is -0.508 e. The number of phenols is 1. The third-order valence-electron chi connectivity index (χ3n) is 5.98. The van der Waals surface area contributed by atoms with E-state index in [-0.39, 0.29) is 23.7 Å². The molecule has 1 saturated heterocycles.